The van der Waals surface area contributed by atoms with Crippen LogP contribution in [-0.4, -0.2) is 20.0 Å². The predicted octanol–water partition coefficient (Wildman–Crippen LogP) is 4.64. The molecule has 3 aromatic rings. The van der Waals surface area contributed by atoms with E-state index in [1.807, 2.05) is 44.2 Å². The lowest BCUT2D eigenvalue weighted by molar-refractivity contribution is 0.340. The molecular formula is C21H23N3O3S. The maximum absolute atomic E-state index is 12.7. The zero-order chi connectivity index (χ0) is 20.1. The number of aryl methyl sites for hydroxylation is 2. The fourth-order valence-corrected chi connectivity index (χ4v) is 4.02. The first-order valence-electron chi connectivity index (χ1n) is 8.93. The quantitative estimate of drug-likeness (QED) is 0.607. The molecule has 0 saturated heterocycles. The van der Waals surface area contributed by atoms with Crippen molar-refractivity contribution in [1.29, 1.82) is 0 Å². The average Bonchev–Trinajstić information content (AvgIpc) is 2.67. The van der Waals surface area contributed by atoms with Crippen molar-refractivity contribution in [2.24, 2.45) is 0 Å². The third-order valence-electron chi connectivity index (χ3n) is 4.09. The van der Waals surface area contributed by atoms with Crippen LogP contribution >= 0.6 is 0 Å². The van der Waals surface area contributed by atoms with E-state index >= 15 is 0 Å². The summed E-state index contributed by atoms with van der Waals surface area (Å²) < 4.78 is 33.3. The minimum atomic E-state index is -3.70. The maximum atomic E-state index is 12.7. The number of pyridine rings is 1. The zero-order valence-electron chi connectivity index (χ0n) is 16.1. The molecule has 146 valence electrons. The Hall–Kier alpha value is -3.06. The van der Waals surface area contributed by atoms with E-state index in [4.69, 9.17) is 4.74 Å². The first-order chi connectivity index (χ1) is 13.4. The summed E-state index contributed by atoms with van der Waals surface area (Å²) in [7, 11) is -3.70. The number of rotatable bonds is 7. The number of sulfonamides is 1. The van der Waals surface area contributed by atoms with Crippen molar-refractivity contribution in [3.8, 4) is 5.75 Å². The van der Waals surface area contributed by atoms with Crippen LogP contribution in [0.2, 0.25) is 0 Å². The largest absolute Gasteiger partial charge is 0.494 e. The summed E-state index contributed by atoms with van der Waals surface area (Å²) in [6.07, 6.45) is 1.58. The number of nitrogens with one attached hydrogen (secondary N) is 2. The minimum Gasteiger partial charge on any atom is -0.494 e. The first-order valence-corrected chi connectivity index (χ1v) is 10.4. The van der Waals surface area contributed by atoms with Gasteiger partial charge in [-0.25, -0.2) is 13.4 Å². The Morgan fingerprint density at radius 3 is 2.32 bits per heavy atom. The van der Waals surface area contributed by atoms with E-state index < -0.39 is 10.0 Å². The molecule has 3 rings (SSSR count). The van der Waals surface area contributed by atoms with Gasteiger partial charge in [-0.05, 0) is 74.4 Å². The van der Waals surface area contributed by atoms with Crippen molar-refractivity contribution < 1.29 is 13.2 Å². The van der Waals surface area contributed by atoms with Crippen molar-refractivity contribution in [2.45, 2.75) is 25.7 Å². The van der Waals surface area contributed by atoms with Crippen molar-refractivity contribution >= 4 is 27.2 Å². The van der Waals surface area contributed by atoms with Gasteiger partial charge in [0.25, 0.3) is 10.0 Å². The molecule has 0 amide bonds. The maximum Gasteiger partial charge on any atom is 0.263 e. The van der Waals surface area contributed by atoms with E-state index in [1.54, 1.807) is 37.4 Å². The van der Waals surface area contributed by atoms with Gasteiger partial charge in [0, 0.05) is 5.69 Å². The topological polar surface area (TPSA) is 80.3 Å². The molecule has 0 aliphatic carbocycles. The number of aromatic nitrogens is 1. The molecule has 0 bridgehead atoms. The number of ether oxygens (including phenoxy) is 1. The highest BCUT2D eigenvalue weighted by Crippen LogP contribution is 2.22. The summed E-state index contributed by atoms with van der Waals surface area (Å²) in [4.78, 5) is 4.46. The summed E-state index contributed by atoms with van der Waals surface area (Å²) >= 11 is 0. The summed E-state index contributed by atoms with van der Waals surface area (Å²) in [5.41, 5.74) is 3.20. The molecule has 1 aromatic heterocycles. The van der Waals surface area contributed by atoms with Gasteiger partial charge in [0.2, 0.25) is 0 Å². The molecular weight excluding hydrogens is 374 g/mol. The highest BCUT2D eigenvalue weighted by atomic mass is 32.2. The lowest BCUT2D eigenvalue weighted by Crippen LogP contribution is -2.15. The van der Waals surface area contributed by atoms with E-state index in [2.05, 4.69) is 15.0 Å². The van der Waals surface area contributed by atoms with E-state index in [0.29, 0.717) is 12.2 Å². The molecule has 0 spiro atoms. The van der Waals surface area contributed by atoms with Crippen molar-refractivity contribution in [1.82, 2.24) is 4.98 Å². The van der Waals surface area contributed by atoms with Gasteiger partial charge in [-0.1, -0.05) is 12.1 Å². The standard InChI is InChI=1S/C21H23N3O3S/c1-4-27-19-10-7-17(8-11-19)23-18-9-12-21(22-14-18)24-28(25,26)20-13-15(2)5-6-16(20)3/h5-14,23H,4H2,1-3H3,(H,22,24). The fraction of sp³-hybridized carbons (Fsp3) is 0.190. The molecule has 7 heteroatoms. The van der Waals surface area contributed by atoms with Gasteiger partial charge in [0.05, 0.1) is 23.4 Å². The molecule has 0 atom stereocenters. The molecule has 1 heterocycles. The van der Waals surface area contributed by atoms with Crippen LogP contribution in [0.4, 0.5) is 17.2 Å². The van der Waals surface area contributed by atoms with Crippen LogP contribution < -0.4 is 14.8 Å². The highest BCUT2D eigenvalue weighted by Gasteiger charge is 2.17. The van der Waals surface area contributed by atoms with Crippen molar-refractivity contribution in [3.05, 3.63) is 71.9 Å². The monoisotopic (exact) mass is 397 g/mol. The Bertz CT molecular complexity index is 1050. The lowest BCUT2D eigenvalue weighted by Gasteiger charge is -2.12. The Balaban J connectivity index is 1.71. The number of hydrogen-bond acceptors (Lipinski definition) is 5. The second-order valence-electron chi connectivity index (χ2n) is 6.39. The second-order valence-corrected chi connectivity index (χ2v) is 8.04. The van der Waals surface area contributed by atoms with E-state index in [0.717, 1.165) is 22.7 Å². The molecule has 0 fully saturated rings. The van der Waals surface area contributed by atoms with Crippen LogP contribution in [0.15, 0.2) is 65.7 Å². The van der Waals surface area contributed by atoms with Crippen LogP contribution in [0, 0.1) is 13.8 Å². The van der Waals surface area contributed by atoms with Crippen LogP contribution in [0.3, 0.4) is 0 Å². The molecule has 0 unspecified atom stereocenters. The third kappa shape index (κ3) is 4.80. The van der Waals surface area contributed by atoms with Gasteiger partial charge in [0.1, 0.15) is 11.6 Å². The normalized spacial score (nSPS) is 11.1. The van der Waals surface area contributed by atoms with Gasteiger partial charge in [0.15, 0.2) is 0 Å². The number of anilines is 3. The van der Waals surface area contributed by atoms with Gasteiger partial charge < -0.3 is 10.1 Å². The molecule has 2 N–H and O–H groups in total. The fourth-order valence-electron chi connectivity index (χ4n) is 2.69. The zero-order valence-corrected chi connectivity index (χ0v) is 16.9. The molecule has 0 aliphatic rings. The molecule has 6 nitrogen and oxygen atoms in total. The summed E-state index contributed by atoms with van der Waals surface area (Å²) in [6, 6.07) is 16.3. The van der Waals surface area contributed by atoms with Crippen molar-refractivity contribution in [2.75, 3.05) is 16.6 Å². The Labute approximate surface area is 165 Å². The molecule has 0 aliphatic heterocycles. The smallest absolute Gasteiger partial charge is 0.263 e. The van der Waals surface area contributed by atoms with E-state index in [9.17, 15) is 8.42 Å². The van der Waals surface area contributed by atoms with E-state index in [-0.39, 0.29) is 10.7 Å². The number of benzene rings is 2. The van der Waals surface area contributed by atoms with Crippen LogP contribution in [0.5, 0.6) is 5.75 Å². The SMILES string of the molecule is CCOc1ccc(Nc2ccc(NS(=O)(=O)c3cc(C)ccc3C)nc2)cc1. The highest BCUT2D eigenvalue weighted by molar-refractivity contribution is 7.92. The first kappa shape index (κ1) is 19.7. The Morgan fingerprint density at radius 2 is 1.68 bits per heavy atom. The van der Waals surface area contributed by atoms with Gasteiger partial charge >= 0.3 is 0 Å². The number of nitrogens with zero attached hydrogens (tertiary/aromatic N) is 1. The molecule has 2 aromatic carbocycles. The van der Waals surface area contributed by atoms with Crippen LogP contribution in [0.25, 0.3) is 0 Å². The summed E-state index contributed by atoms with van der Waals surface area (Å²) in [6.45, 7) is 6.19. The number of hydrogen-bond donors (Lipinski definition) is 2. The molecule has 0 saturated carbocycles. The van der Waals surface area contributed by atoms with Gasteiger partial charge in [-0.3, -0.25) is 4.72 Å². The summed E-state index contributed by atoms with van der Waals surface area (Å²) in [5, 5.41) is 3.22. The van der Waals surface area contributed by atoms with Gasteiger partial charge in [-0.2, -0.15) is 0 Å². The molecule has 28 heavy (non-hydrogen) atoms. The van der Waals surface area contributed by atoms with Crippen LogP contribution in [-0.2, 0) is 10.0 Å². The van der Waals surface area contributed by atoms with Crippen molar-refractivity contribution in [3.63, 3.8) is 0 Å². The third-order valence-corrected chi connectivity index (χ3v) is 5.59. The van der Waals surface area contributed by atoms with E-state index in [1.165, 1.54) is 0 Å². The second kappa shape index (κ2) is 8.31. The minimum absolute atomic E-state index is 0.255. The summed E-state index contributed by atoms with van der Waals surface area (Å²) in [5.74, 6) is 1.07. The van der Waals surface area contributed by atoms with Crippen LogP contribution in [0.1, 0.15) is 18.1 Å². The average molecular weight is 398 g/mol. The molecule has 0 radical (unpaired) electrons. The lowest BCUT2D eigenvalue weighted by atomic mass is 10.2. The Morgan fingerprint density at radius 1 is 0.964 bits per heavy atom. The Kier molecular flexibility index (Phi) is 5.84. The van der Waals surface area contributed by atoms with Gasteiger partial charge in [-0.15, -0.1) is 0 Å². The predicted molar refractivity (Wildman–Crippen MR) is 112 cm³/mol.